The maximum atomic E-state index is 12.5. The van der Waals surface area contributed by atoms with E-state index in [0.717, 1.165) is 19.5 Å². The molecule has 1 amide bonds. The number of anilines is 1. The summed E-state index contributed by atoms with van der Waals surface area (Å²) in [6.45, 7) is 6.59. The number of hydrogen-bond donors (Lipinski definition) is 2. The average Bonchev–Trinajstić information content (AvgIpc) is 2.75. The largest absolute Gasteiger partial charge is 0.372 e. The normalized spacial score (nSPS) is 10.8. The van der Waals surface area contributed by atoms with E-state index in [1.807, 2.05) is 18.2 Å². The molecule has 2 N–H and O–H groups in total. The minimum absolute atomic E-state index is 0.204. The molecule has 0 spiro atoms. The van der Waals surface area contributed by atoms with Gasteiger partial charge in [0.05, 0.1) is 11.0 Å². The van der Waals surface area contributed by atoms with Crippen molar-refractivity contribution < 1.29 is 4.79 Å². The molecule has 29 heavy (non-hydrogen) atoms. The van der Waals surface area contributed by atoms with Gasteiger partial charge in [-0.3, -0.25) is 14.4 Å². The number of rotatable bonds is 8. The van der Waals surface area contributed by atoms with Crippen LogP contribution in [0.3, 0.4) is 0 Å². The Morgan fingerprint density at radius 3 is 2.55 bits per heavy atom. The summed E-state index contributed by atoms with van der Waals surface area (Å²) < 4.78 is 1.40. The van der Waals surface area contributed by atoms with E-state index in [1.54, 1.807) is 25.1 Å². The van der Waals surface area contributed by atoms with Crippen LogP contribution in [0.2, 0.25) is 0 Å². The molecule has 0 saturated carbocycles. The Morgan fingerprint density at radius 1 is 1.10 bits per heavy atom. The minimum Gasteiger partial charge on any atom is -0.372 e. The molecule has 0 aliphatic carbocycles. The number of aromatic amines is 1. The van der Waals surface area contributed by atoms with Crippen molar-refractivity contribution in [2.75, 3.05) is 24.5 Å². The Kier molecular flexibility index (Phi) is 6.49. The van der Waals surface area contributed by atoms with Crippen molar-refractivity contribution in [2.24, 2.45) is 0 Å². The molecule has 0 bridgehead atoms. The first-order chi connectivity index (χ1) is 14.0. The number of aryl methyl sites for hydroxylation is 1. The zero-order chi connectivity index (χ0) is 20.8. The highest BCUT2D eigenvalue weighted by molar-refractivity contribution is 5.97. The quantitative estimate of drug-likeness (QED) is 0.454. The molecular formula is C22H26N4O3. The lowest BCUT2D eigenvalue weighted by Gasteiger charge is -2.23. The number of carbonyl (C=O) groups is 1. The van der Waals surface area contributed by atoms with E-state index in [1.165, 1.54) is 10.3 Å². The molecule has 7 heteroatoms. The van der Waals surface area contributed by atoms with Crippen molar-refractivity contribution in [3.8, 4) is 0 Å². The lowest BCUT2D eigenvalue weighted by molar-refractivity contribution is 0.0953. The Labute approximate surface area is 169 Å². The Bertz CT molecular complexity index is 1100. The third kappa shape index (κ3) is 4.56. The van der Waals surface area contributed by atoms with Gasteiger partial charge in [0.1, 0.15) is 0 Å². The number of H-pyrrole nitrogens is 1. The van der Waals surface area contributed by atoms with Gasteiger partial charge in [0.25, 0.3) is 5.91 Å². The van der Waals surface area contributed by atoms with Crippen LogP contribution < -0.4 is 21.3 Å². The van der Waals surface area contributed by atoms with Gasteiger partial charge in [-0.2, -0.15) is 0 Å². The van der Waals surface area contributed by atoms with Crippen molar-refractivity contribution in [3.63, 3.8) is 0 Å². The molecule has 3 aromatic rings. The third-order valence-corrected chi connectivity index (χ3v) is 4.95. The van der Waals surface area contributed by atoms with Crippen LogP contribution in [0.1, 0.15) is 30.6 Å². The molecule has 1 aromatic heterocycles. The second kappa shape index (κ2) is 9.23. The minimum atomic E-state index is -0.683. The number of nitrogens with zero attached hydrogens (tertiary/aromatic N) is 2. The number of nitrogens with one attached hydrogen (secondary N) is 2. The van der Waals surface area contributed by atoms with E-state index in [0.29, 0.717) is 29.7 Å². The van der Waals surface area contributed by atoms with E-state index in [9.17, 15) is 14.4 Å². The highest BCUT2D eigenvalue weighted by atomic mass is 16.2. The Balaban J connectivity index is 1.63. The van der Waals surface area contributed by atoms with Crippen molar-refractivity contribution in [2.45, 2.75) is 26.8 Å². The molecule has 0 aliphatic heterocycles. The number of amides is 1. The van der Waals surface area contributed by atoms with Crippen molar-refractivity contribution in [1.82, 2.24) is 14.9 Å². The first-order valence-corrected chi connectivity index (χ1v) is 9.90. The summed E-state index contributed by atoms with van der Waals surface area (Å²) in [5.74, 6) is -0.204. The summed E-state index contributed by atoms with van der Waals surface area (Å²) in [6.07, 6.45) is 0.814. The molecule has 152 valence electrons. The fourth-order valence-corrected chi connectivity index (χ4v) is 3.42. The van der Waals surface area contributed by atoms with Crippen LogP contribution in [-0.4, -0.2) is 35.1 Å². The number of hydrogen-bond acceptors (Lipinski definition) is 4. The van der Waals surface area contributed by atoms with Gasteiger partial charge < -0.3 is 19.8 Å². The second-order valence-electron chi connectivity index (χ2n) is 6.76. The van der Waals surface area contributed by atoms with Crippen LogP contribution in [0.25, 0.3) is 11.0 Å². The summed E-state index contributed by atoms with van der Waals surface area (Å²) in [5, 5.41) is 2.92. The van der Waals surface area contributed by atoms with Crippen molar-refractivity contribution >= 4 is 22.6 Å². The number of benzene rings is 2. The van der Waals surface area contributed by atoms with E-state index >= 15 is 0 Å². The van der Waals surface area contributed by atoms with Crippen LogP contribution in [0.4, 0.5) is 5.69 Å². The summed E-state index contributed by atoms with van der Waals surface area (Å²) >= 11 is 0. The lowest BCUT2D eigenvalue weighted by atomic mass is 10.1. The smallest absolute Gasteiger partial charge is 0.316 e. The van der Waals surface area contributed by atoms with Gasteiger partial charge in [-0.25, -0.2) is 0 Å². The van der Waals surface area contributed by atoms with Crippen LogP contribution in [0.5, 0.6) is 0 Å². The Morgan fingerprint density at radius 2 is 1.86 bits per heavy atom. The molecule has 0 unspecified atom stereocenters. The molecule has 1 heterocycles. The van der Waals surface area contributed by atoms with Gasteiger partial charge in [0.2, 0.25) is 0 Å². The zero-order valence-corrected chi connectivity index (χ0v) is 16.8. The number of carbonyl (C=O) groups excluding carboxylic acids is 1. The maximum absolute atomic E-state index is 12.5. The summed E-state index contributed by atoms with van der Waals surface area (Å²) in [7, 11) is 0. The van der Waals surface area contributed by atoms with Gasteiger partial charge >= 0.3 is 11.1 Å². The third-order valence-electron chi connectivity index (χ3n) is 4.95. The molecule has 0 saturated heterocycles. The van der Waals surface area contributed by atoms with Crippen molar-refractivity contribution in [1.29, 1.82) is 0 Å². The topological polar surface area (TPSA) is 87.2 Å². The predicted molar refractivity (Wildman–Crippen MR) is 116 cm³/mol. The van der Waals surface area contributed by atoms with Gasteiger partial charge in [-0.15, -0.1) is 0 Å². The van der Waals surface area contributed by atoms with E-state index in [4.69, 9.17) is 0 Å². The van der Waals surface area contributed by atoms with Gasteiger partial charge in [-0.05, 0) is 50.6 Å². The van der Waals surface area contributed by atoms with Gasteiger partial charge in [0.15, 0.2) is 0 Å². The first kappa shape index (κ1) is 20.4. The SMILES string of the molecule is CCN(CCCNC(=O)c1ccc2c(c1)[nH]c(=O)c(=O)n2CC)c1ccccc1. The molecule has 0 aliphatic rings. The van der Waals surface area contributed by atoms with Gasteiger partial charge in [-0.1, -0.05) is 18.2 Å². The summed E-state index contributed by atoms with van der Waals surface area (Å²) in [6, 6.07) is 15.2. The van der Waals surface area contributed by atoms with Crippen molar-refractivity contribution in [3.05, 3.63) is 74.8 Å². The summed E-state index contributed by atoms with van der Waals surface area (Å²) in [5.41, 5.74) is 1.43. The van der Waals surface area contributed by atoms with Crippen LogP contribution in [-0.2, 0) is 6.54 Å². The van der Waals surface area contributed by atoms with Crippen LogP contribution >= 0.6 is 0 Å². The molecule has 0 fully saturated rings. The average molecular weight is 394 g/mol. The molecular weight excluding hydrogens is 368 g/mol. The molecule has 0 atom stereocenters. The lowest BCUT2D eigenvalue weighted by Crippen LogP contribution is -2.36. The monoisotopic (exact) mass is 394 g/mol. The van der Waals surface area contributed by atoms with E-state index in [2.05, 4.69) is 34.3 Å². The summed E-state index contributed by atoms with van der Waals surface area (Å²) in [4.78, 5) is 41.1. The van der Waals surface area contributed by atoms with Crippen LogP contribution in [0, 0.1) is 0 Å². The Hall–Kier alpha value is -3.35. The number of para-hydroxylation sites is 1. The fourth-order valence-electron chi connectivity index (χ4n) is 3.42. The van der Waals surface area contributed by atoms with E-state index in [-0.39, 0.29) is 5.91 Å². The molecule has 2 aromatic carbocycles. The van der Waals surface area contributed by atoms with Crippen LogP contribution in [0.15, 0.2) is 58.1 Å². The first-order valence-electron chi connectivity index (χ1n) is 9.90. The number of fused-ring (bicyclic) bond motifs is 1. The fraction of sp³-hybridized carbons (Fsp3) is 0.318. The zero-order valence-electron chi connectivity index (χ0n) is 16.8. The maximum Gasteiger partial charge on any atom is 0.316 e. The molecule has 3 rings (SSSR count). The highest BCUT2D eigenvalue weighted by Gasteiger charge is 2.11. The van der Waals surface area contributed by atoms with Gasteiger partial charge in [0, 0.05) is 37.4 Å². The predicted octanol–water partition coefficient (Wildman–Crippen LogP) is 2.36. The van der Waals surface area contributed by atoms with E-state index < -0.39 is 11.1 Å². The standard InChI is InChI=1S/C22H26N4O3/c1-3-25(17-9-6-5-7-10-17)14-8-13-23-20(27)16-11-12-19-18(15-16)24-21(28)22(29)26(19)4-2/h5-7,9-12,15H,3-4,8,13-14H2,1-2H3,(H,23,27)(H,24,28). The highest BCUT2D eigenvalue weighted by Crippen LogP contribution is 2.13. The molecule has 7 nitrogen and oxygen atoms in total. The number of aromatic nitrogens is 2. The molecule has 0 radical (unpaired) electrons. The second-order valence-corrected chi connectivity index (χ2v) is 6.76.